The van der Waals surface area contributed by atoms with Crippen molar-refractivity contribution in [3.63, 3.8) is 0 Å². The van der Waals surface area contributed by atoms with Crippen molar-refractivity contribution >= 4 is 11.8 Å². The molecule has 0 amide bonds. The average molecular weight is 145 g/mol. The standard InChI is InChI=1S/C5H7NO4/c6-2-3(7)1-4(8)5(9)10/h1,8H,2,6H2,(H,9,10)/b4-1-. The van der Waals surface area contributed by atoms with Crippen LogP contribution < -0.4 is 5.73 Å². The third-order valence-electron chi connectivity index (χ3n) is 0.718. The van der Waals surface area contributed by atoms with Gasteiger partial charge in [0, 0.05) is 6.08 Å². The number of aliphatic carboxylic acids is 1. The van der Waals surface area contributed by atoms with Gasteiger partial charge in [-0.2, -0.15) is 0 Å². The SMILES string of the molecule is NCC(=O)/C=C(\O)C(=O)O. The summed E-state index contributed by atoms with van der Waals surface area (Å²) in [6.45, 7) is -0.308. The van der Waals surface area contributed by atoms with Crippen LogP contribution in [0.15, 0.2) is 11.8 Å². The van der Waals surface area contributed by atoms with Crippen LogP contribution in [0.5, 0.6) is 0 Å². The molecule has 0 atom stereocenters. The van der Waals surface area contributed by atoms with Crippen molar-refractivity contribution in [2.24, 2.45) is 5.73 Å². The van der Waals surface area contributed by atoms with Crippen molar-refractivity contribution in [2.75, 3.05) is 6.54 Å². The van der Waals surface area contributed by atoms with Gasteiger partial charge in [0.1, 0.15) is 0 Å². The third kappa shape index (κ3) is 2.83. The second-order valence-corrected chi connectivity index (χ2v) is 1.51. The summed E-state index contributed by atoms with van der Waals surface area (Å²) in [6, 6.07) is 0. The first-order valence-electron chi connectivity index (χ1n) is 2.44. The van der Waals surface area contributed by atoms with E-state index in [4.69, 9.17) is 15.9 Å². The number of aliphatic hydroxyl groups excluding tert-OH is 1. The first-order valence-corrected chi connectivity index (χ1v) is 2.44. The Morgan fingerprint density at radius 2 is 1.90 bits per heavy atom. The van der Waals surface area contributed by atoms with Crippen molar-refractivity contribution in [2.45, 2.75) is 0 Å². The van der Waals surface area contributed by atoms with Crippen molar-refractivity contribution in [1.82, 2.24) is 0 Å². The predicted molar refractivity (Wildman–Crippen MR) is 32.4 cm³/mol. The Hall–Kier alpha value is -1.36. The molecule has 0 aromatic carbocycles. The van der Waals surface area contributed by atoms with Gasteiger partial charge in [0.2, 0.25) is 5.76 Å². The Morgan fingerprint density at radius 3 is 2.20 bits per heavy atom. The number of nitrogens with two attached hydrogens (primary N) is 1. The number of hydrogen-bond donors (Lipinski definition) is 3. The van der Waals surface area contributed by atoms with Crippen LogP contribution in [-0.4, -0.2) is 28.5 Å². The Labute approximate surface area is 56.8 Å². The fourth-order valence-electron chi connectivity index (χ4n) is 0.273. The van der Waals surface area contributed by atoms with Gasteiger partial charge in [-0.3, -0.25) is 4.79 Å². The zero-order valence-electron chi connectivity index (χ0n) is 5.07. The maximum Gasteiger partial charge on any atom is 0.371 e. The highest BCUT2D eigenvalue weighted by Crippen LogP contribution is 1.86. The fraction of sp³-hybridized carbons (Fsp3) is 0.200. The van der Waals surface area contributed by atoms with E-state index in [1.54, 1.807) is 0 Å². The largest absolute Gasteiger partial charge is 0.502 e. The zero-order chi connectivity index (χ0) is 8.15. The van der Waals surface area contributed by atoms with Crippen molar-refractivity contribution in [3.8, 4) is 0 Å². The lowest BCUT2D eigenvalue weighted by Gasteiger charge is -1.88. The second kappa shape index (κ2) is 3.62. The normalized spacial score (nSPS) is 11.1. The monoisotopic (exact) mass is 145 g/mol. The van der Waals surface area contributed by atoms with Gasteiger partial charge in [-0.25, -0.2) is 4.79 Å². The number of carboxylic acid groups (broad SMARTS) is 1. The van der Waals surface area contributed by atoms with Crippen LogP contribution in [0, 0.1) is 0 Å². The lowest BCUT2D eigenvalue weighted by molar-refractivity contribution is -0.135. The van der Waals surface area contributed by atoms with E-state index >= 15 is 0 Å². The van der Waals surface area contributed by atoms with Crippen molar-refractivity contribution in [1.29, 1.82) is 0 Å². The topological polar surface area (TPSA) is 101 Å². The average Bonchev–Trinajstić information content (AvgIpc) is 1.87. The highest BCUT2D eigenvalue weighted by Gasteiger charge is 2.04. The Morgan fingerprint density at radius 1 is 1.40 bits per heavy atom. The van der Waals surface area contributed by atoms with Gasteiger partial charge in [-0.05, 0) is 0 Å². The van der Waals surface area contributed by atoms with E-state index in [0.29, 0.717) is 6.08 Å². The Balaban J connectivity index is 4.16. The quantitative estimate of drug-likeness (QED) is 0.350. The molecule has 5 nitrogen and oxygen atoms in total. The lowest BCUT2D eigenvalue weighted by Crippen LogP contribution is -2.12. The minimum atomic E-state index is -1.54. The molecule has 0 aromatic rings. The van der Waals surface area contributed by atoms with Gasteiger partial charge in [0.05, 0.1) is 6.54 Å². The van der Waals surface area contributed by atoms with Gasteiger partial charge < -0.3 is 15.9 Å². The highest BCUT2D eigenvalue weighted by atomic mass is 16.4. The molecule has 0 aliphatic rings. The van der Waals surface area contributed by atoms with E-state index in [1.807, 2.05) is 0 Å². The maximum atomic E-state index is 10.3. The number of carbonyl (C=O) groups excluding carboxylic acids is 1. The molecule has 5 heteroatoms. The van der Waals surface area contributed by atoms with Crippen LogP contribution in [0.2, 0.25) is 0 Å². The van der Waals surface area contributed by atoms with E-state index in [-0.39, 0.29) is 6.54 Å². The van der Waals surface area contributed by atoms with Crippen LogP contribution in [0.4, 0.5) is 0 Å². The van der Waals surface area contributed by atoms with E-state index < -0.39 is 17.5 Å². The van der Waals surface area contributed by atoms with E-state index in [1.165, 1.54) is 0 Å². The first-order chi connectivity index (χ1) is 4.57. The highest BCUT2D eigenvalue weighted by molar-refractivity contribution is 5.98. The summed E-state index contributed by atoms with van der Waals surface area (Å²) < 4.78 is 0. The molecule has 0 aliphatic heterocycles. The summed E-state index contributed by atoms with van der Waals surface area (Å²) in [5.74, 6) is -3.16. The molecule has 0 unspecified atom stereocenters. The molecule has 56 valence electrons. The van der Waals surface area contributed by atoms with Gasteiger partial charge in [0.15, 0.2) is 5.78 Å². The molecule has 0 aliphatic carbocycles. The Kier molecular flexibility index (Phi) is 3.13. The molecule has 0 radical (unpaired) electrons. The van der Waals surface area contributed by atoms with Gasteiger partial charge in [0.25, 0.3) is 0 Å². The molecule has 4 N–H and O–H groups in total. The number of carbonyl (C=O) groups is 2. The minimum absolute atomic E-state index is 0.308. The number of ketones is 1. The second-order valence-electron chi connectivity index (χ2n) is 1.51. The summed E-state index contributed by atoms with van der Waals surface area (Å²) in [5, 5.41) is 16.4. The number of aliphatic hydroxyl groups is 1. The van der Waals surface area contributed by atoms with Crippen LogP contribution >= 0.6 is 0 Å². The smallest absolute Gasteiger partial charge is 0.371 e. The van der Waals surface area contributed by atoms with Gasteiger partial charge in [-0.1, -0.05) is 0 Å². The predicted octanol–water partition coefficient (Wildman–Crippen LogP) is -0.959. The molecule has 10 heavy (non-hydrogen) atoms. The Bertz CT molecular complexity index is 184. The first kappa shape index (κ1) is 8.64. The summed E-state index contributed by atoms with van der Waals surface area (Å²) in [5.41, 5.74) is 4.82. The summed E-state index contributed by atoms with van der Waals surface area (Å²) in [7, 11) is 0. The molecule has 0 fully saturated rings. The molecule has 0 saturated heterocycles. The molecular formula is C5H7NO4. The molecule has 0 saturated carbocycles. The maximum absolute atomic E-state index is 10.3. The van der Waals surface area contributed by atoms with Crippen LogP contribution in [0.1, 0.15) is 0 Å². The molecular weight excluding hydrogens is 138 g/mol. The van der Waals surface area contributed by atoms with Gasteiger partial charge >= 0.3 is 5.97 Å². The number of rotatable bonds is 3. The summed E-state index contributed by atoms with van der Waals surface area (Å²) >= 11 is 0. The van der Waals surface area contributed by atoms with E-state index in [9.17, 15) is 9.59 Å². The van der Waals surface area contributed by atoms with Crippen LogP contribution in [-0.2, 0) is 9.59 Å². The third-order valence-corrected chi connectivity index (χ3v) is 0.718. The number of hydrogen-bond acceptors (Lipinski definition) is 4. The molecule has 0 heterocycles. The minimum Gasteiger partial charge on any atom is -0.502 e. The molecule has 0 bridgehead atoms. The zero-order valence-corrected chi connectivity index (χ0v) is 5.07. The van der Waals surface area contributed by atoms with Crippen molar-refractivity contribution in [3.05, 3.63) is 11.8 Å². The molecule has 0 aromatic heterocycles. The molecule has 0 spiro atoms. The van der Waals surface area contributed by atoms with Crippen LogP contribution in [0.25, 0.3) is 0 Å². The summed E-state index contributed by atoms with van der Waals surface area (Å²) in [4.78, 5) is 20.1. The number of carboxylic acids is 1. The van der Waals surface area contributed by atoms with Crippen molar-refractivity contribution < 1.29 is 19.8 Å². The lowest BCUT2D eigenvalue weighted by atomic mass is 10.3. The fourth-order valence-corrected chi connectivity index (χ4v) is 0.273. The van der Waals surface area contributed by atoms with E-state index in [2.05, 4.69) is 0 Å². The van der Waals surface area contributed by atoms with Gasteiger partial charge in [-0.15, -0.1) is 0 Å². The summed E-state index contributed by atoms with van der Waals surface area (Å²) in [6.07, 6.45) is 0.572. The van der Waals surface area contributed by atoms with E-state index in [0.717, 1.165) is 0 Å². The molecule has 0 rings (SSSR count). The van der Waals surface area contributed by atoms with Crippen LogP contribution in [0.3, 0.4) is 0 Å².